The standard InChI is InChI=1S/C25H28N2O5/c1-3-31-20-11-9-19(10-12-20)27-23(28)15-22(25(27)30)26(16-21-8-5-13-32-21)24(29)18-7-4-6-17(2)14-18/h4,6-7,9-12,14,21-22H,3,5,8,13,15-16H2,1-2H3. The fourth-order valence-electron chi connectivity index (χ4n) is 4.29. The van der Waals surface area contributed by atoms with Crippen molar-refractivity contribution >= 4 is 23.4 Å². The van der Waals surface area contributed by atoms with Crippen LogP contribution in [-0.2, 0) is 14.3 Å². The number of nitrogens with zero attached hydrogens (tertiary/aromatic N) is 2. The number of hydrogen-bond donors (Lipinski definition) is 0. The minimum atomic E-state index is -0.855. The Hall–Kier alpha value is -3.19. The van der Waals surface area contributed by atoms with Crippen molar-refractivity contribution in [2.75, 3.05) is 24.7 Å². The molecule has 2 saturated heterocycles. The van der Waals surface area contributed by atoms with Crippen LogP contribution >= 0.6 is 0 Å². The molecule has 0 aliphatic carbocycles. The van der Waals surface area contributed by atoms with Crippen LogP contribution in [0, 0.1) is 6.92 Å². The van der Waals surface area contributed by atoms with Gasteiger partial charge in [0.2, 0.25) is 5.91 Å². The minimum Gasteiger partial charge on any atom is -0.494 e. The van der Waals surface area contributed by atoms with Gasteiger partial charge in [-0.05, 0) is 63.1 Å². The first kappa shape index (κ1) is 22.0. The summed E-state index contributed by atoms with van der Waals surface area (Å²) in [7, 11) is 0. The van der Waals surface area contributed by atoms with Crippen LogP contribution in [0.2, 0.25) is 0 Å². The molecule has 0 saturated carbocycles. The van der Waals surface area contributed by atoms with Gasteiger partial charge < -0.3 is 14.4 Å². The highest BCUT2D eigenvalue weighted by Crippen LogP contribution is 2.29. The average molecular weight is 437 g/mol. The number of rotatable bonds is 7. The van der Waals surface area contributed by atoms with Crippen LogP contribution in [0.5, 0.6) is 5.75 Å². The molecule has 2 aromatic rings. The summed E-state index contributed by atoms with van der Waals surface area (Å²) in [6.07, 6.45) is 1.57. The van der Waals surface area contributed by atoms with E-state index >= 15 is 0 Å². The maximum Gasteiger partial charge on any atom is 0.257 e. The molecular weight excluding hydrogens is 408 g/mol. The second-order valence-corrected chi connectivity index (χ2v) is 8.18. The lowest BCUT2D eigenvalue weighted by Crippen LogP contribution is -2.48. The molecule has 7 heteroatoms. The molecule has 4 rings (SSSR count). The zero-order valence-electron chi connectivity index (χ0n) is 18.5. The second-order valence-electron chi connectivity index (χ2n) is 8.18. The van der Waals surface area contributed by atoms with E-state index < -0.39 is 11.9 Å². The van der Waals surface area contributed by atoms with Gasteiger partial charge in [0.1, 0.15) is 11.8 Å². The van der Waals surface area contributed by atoms with Gasteiger partial charge in [-0.2, -0.15) is 0 Å². The molecule has 168 valence electrons. The maximum absolute atomic E-state index is 13.5. The normalized spacial score (nSPS) is 20.6. The molecule has 3 amide bonds. The van der Waals surface area contributed by atoms with Crippen LogP contribution in [0.1, 0.15) is 42.1 Å². The first-order valence-electron chi connectivity index (χ1n) is 11.1. The number of imide groups is 1. The molecule has 7 nitrogen and oxygen atoms in total. The molecule has 2 unspecified atom stereocenters. The Morgan fingerprint density at radius 1 is 1.19 bits per heavy atom. The van der Waals surface area contributed by atoms with Gasteiger partial charge in [0.05, 0.1) is 24.8 Å². The van der Waals surface area contributed by atoms with E-state index in [0.29, 0.717) is 30.2 Å². The van der Waals surface area contributed by atoms with Gasteiger partial charge >= 0.3 is 0 Å². The third-order valence-corrected chi connectivity index (χ3v) is 5.86. The Kier molecular flexibility index (Phi) is 6.55. The van der Waals surface area contributed by atoms with Gasteiger partial charge in [-0.25, -0.2) is 4.90 Å². The Morgan fingerprint density at radius 2 is 1.97 bits per heavy atom. The van der Waals surface area contributed by atoms with Crippen molar-refractivity contribution in [3.63, 3.8) is 0 Å². The van der Waals surface area contributed by atoms with E-state index in [-0.39, 0.29) is 30.9 Å². The SMILES string of the molecule is CCOc1ccc(N2C(=O)CC(N(CC3CCCO3)C(=O)c3cccc(C)c3)C2=O)cc1. The molecule has 2 aliphatic rings. The average Bonchev–Trinajstić information content (AvgIpc) is 3.40. The quantitative estimate of drug-likeness (QED) is 0.622. The molecule has 0 spiro atoms. The molecule has 0 aromatic heterocycles. The number of hydrogen-bond acceptors (Lipinski definition) is 5. The molecule has 2 aliphatic heterocycles. The summed E-state index contributed by atoms with van der Waals surface area (Å²) in [4.78, 5) is 42.4. The van der Waals surface area contributed by atoms with Crippen molar-refractivity contribution in [3.8, 4) is 5.75 Å². The topological polar surface area (TPSA) is 76.2 Å². The van der Waals surface area contributed by atoms with E-state index in [1.165, 1.54) is 9.80 Å². The van der Waals surface area contributed by atoms with Gasteiger partial charge in [-0.1, -0.05) is 17.7 Å². The lowest BCUT2D eigenvalue weighted by atomic mass is 10.1. The van der Waals surface area contributed by atoms with Crippen molar-refractivity contribution in [1.29, 1.82) is 0 Å². The van der Waals surface area contributed by atoms with Gasteiger partial charge in [0.25, 0.3) is 11.8 Å². The summed E-state index contributed by atoms with van der Waals surface area (Å²) in [5, 5.41) is 0. The Morgan fingerprint density at radius 3 is 2.62 bits per heavy atom. The van der Waals surface area contributed by atoms with E-state index in [1.807, 2.05) is 26.0 Å². The fraction of sp³-hybridized carbons (Fsp3) is 0.400. The first-order chi connectivity index (χ1) is 15.5. The van der Waals surface area contributed by atoms with Gasteiger partial charge in [-0.3, -0.25) is 14.4 Å². The zero-order chi connectivity index (χ0) is 22.7. The van der Waals surface area contributed by atoms with Crippen LogP contribution in [0.3, 0.4) is 0 Å². The number of ether oxygens (including phenoxy) is 2. The highest BCUT2D eigenvalue weighted by Gasteiger charge is 2.45. The largest absolute Gasteiger partial charge is 0.494 e. The number of aryl methyl sites for hydroxylation is 1. The number of anilines is 1. The van der Waals surface area contributed by atoms with Crippen molar-refractivity contribution in [3.05, 3.63) is 59.7 Å². The predicted molar refractivity (Wildman–Crippen MR) is 120 cm³/mol. The lowest BCUT2D eigenvalue weighted by molar-refractivity contribution is -0.122. The zero-order valence-corrected chi connectivity index (χ0v) is 18.5. The van der Waals surface area contributed by atoms with Crippen LogP contribution in [0.15, 0.2) is 48.5 Å². The third kappa shape index (κ3) is 4.53. The Labute approximate surface area is 187 Å². The summed E-state index contributed by atoms with van der Waals surface area (Å²) >= 11 is 0. The summed E-state index contributed by atoms with van der Waals surface area (Å²) in [5.74, 6) is -0.304. The van der Waals surface area contributed by atoms with E-state index in [9.17, 15) is 14.4 Å². The van der Waals surface area contributed by atoms with Crippen LogP contribution in [-0.4, -0.2) is 54.5 Å². The van der Waals surface area contributed by atoms with E-state index in [0.717, 1.165) is 18.4 Å². The lowest BCUT2D eigenvalue weighted by Gasteiger charge is -2.30. The molecule has 2 aromatic carbocycles. The van der Waals surface area contributed by atoms with Crippen LogP contribution in [0.25, 0.3) is 0 Å². The molecule has 2 fully saturated rings. The van der Waals surface area contributed by atoms with Gasteiger partial charge in [0, 0.05) is 18.7 Å². The number of benzene rings is 2. The second kappa shape index (κ2) is 9.53. The highest BCUT2D eigenvalue weighted by molar-refractivity contribution is 6.23. The van der Waals surface area contributed by atoms with Crippen molar-refractivity contribution in [2.24, 2.45) is 0 Å². The summed E-state index contributed by atoms with van der Waals surface area (Å²) in [6.45, 7) is 5.27. The molecular formula is C25H28N2O5. The minimum absolute atomic E-state index is 0.0453. The van der Waals surface area contributed by atoms with Crippen molar-refractivity contribution < 1.29 is 23.9 Å². The van der Waals surface area contributed by atoms with Gasteiger partial charge in [-0.15, -0.1) is 0 Å². The molecule has 2 heterocycles. The fourth-order valence-corrected chi connectivity index (χ4v) is 4.29. The van der Waals surface area contributed by atoms with E-state index in [1.54, 1.807) is 36.4 Å². The summed E-state index contributed by atoms with van der Waals surface area (Å²) in [6, 6.07) is 13.3. The Balaban J connectivity index is 1.61. The molecule has 32 heavy (non-hydrogen) atoms. The number of carbonyl (C=O) groups is 3. The number of carbonyl (C=O) groups excluding carboxylic acids is 3. The van der Waals surface area contributed by atoms with E-state index in [4.69, 9.17) is 9.47 Å². The predicted octanol–water partition coefficient (Wildman–Crippen LogP) is 3.35. The highest BCUT2D eigenvalue weighted by atomic mass is 16.5. The van der Waals surface area contributed by atoms with E-state index in [2.05, 4.69) is 0 Å². The van der Waals surface area contributed by atoms with Crippen molar-refractivity contribution in [1.82, 2.24) is 4.90 Å². The van der Waals surface area contributed by atoms with Crippen LogP contribution in [0.4, 0.5) is 5.69 Å². The molecule has 0 radical (unpaired) electrons. The third-order valence-electron chi connectivity index (χ3n) is 5.86. The molecule has 0 N–H and O–H groups in total. The van der Waals surface area contributed by atoms with Gasteiger partial charge in [0.15, 0.2) is 0 Å². The molecule has 0 bridgehead atoms. The first-order valence-corrected chi connectivity index (χ1v) is 11.1. The molecule has 2 atom stereocenters. The van der Waals surface area contributed by atoms with Crippen molar-refractivity contribution in [2.45, 2.75) is 45.3 Å². The monoisotopic (exact) mass is 436 g/mol. The summed E-state index contributed by atoms with van der Waals surface area (Å²) in [5.41, 5.74) is 1.94. The number of amides is 3. The Bertz CT molecular complexity index is 998. The summed E-state index contributed by atoms with van der Waals surface area (Å²) < 4.78 is 11.2. The van der Waals surface area contributed by atoms with Crippen LogP contribution < -0.4 is 9.64 Å². The maximum atomic E-state index is 13.5. The smallest absolute Gasteiger partial charge is 0.257 e.